The zero-order valence-corrected chi connectivity index (χ0v) is 15.3. The fourth-order valence-corrected chi connectivity index (χ4v) is 4.30. The Morgan fingerprint density at radius 1 is 1.42 bits per heavy atom. The van der Waals surface area contributed by atoms with E-state index in [0.717, 1.165) is 0 Å². The van der Waals surface area contributed by atoms with Crippen LogP contribution in [0.1, 0.15) is 24.9 Å². The van der Waals surface area contributed by atoms with E-state index in [0.29, 0.717) is 44.2 Å². The molecule has 1 atom stereocenters. The highest BCUT2D eigenvalue weighted by Gasteiger charge is 2.42. The lowest BCUT2D eigenvalue weighted by Gasteiger charge is -2.39. The number of hydrogen-bond acceptors (Lipinski definition) is 5. The van der Waals surface area contributed by atoms with Crippen molar-refractivity contribution < 1.29 is 14.3 Å². The molecule has 0 radical (unpaired) electrons. The van der Waals surface area contributed by atoms with Crippen molar-refractivity contribution in [2.45, 2.75) is 19.4 Å². The SMILES string of the molecule is COC(=O)C1=C(C)N=C2SCCC(=O)N2[C@H]1c1ccc(Cl)cc1Cl. The summed E-state index contributed by atoms with van der Waals surface area (Å²) in [4.78, 5) is 30.9. The normalized spacial score (nSPS) is 20.7. The number of halogens is 2. The first-order valence-corrected chi connectivity index (χ1v) is 8.95. The van der Waals surface area contributed by atoms with Gasteiger partial charge >= 0.3 is 5.97 Å². The molecule has 126 valence electrons. The van der Waals surface area contributed by atoms with E-state index in [4.69, 9.17) is 27.9 Å². The standard InChI is InChI=1S/C16H14Cl2N2O3S/c1-8-13(15(22)23-2)14(10-4-3-9(17)7-11(10)18)20-12(21)5-6-24-16(20)19-8/h3-4,7,14H,5-6H2,1-2H3/t14-/m0/s1. The second-order valence-corrected chi connectivity index (χ2v) is 7.22. The Balaban J connectivity index is 2.22. The summed E-state index contributed by atoms with van der Waals surface area (Å²) in [6.45, 7) is 1.73. The summed E-state index contributed by atoms with van der Waals surface area (Å²) in [5, 5.41) is 1.44. The maximum absolute atomic E-state index is 12.5. The lowest BCUT2D eigenvalue weighted by molar-refractivity contribution is -0.137. The molecule has 0 aliphatic carbocycles. The number of carbonyl (C=O) groups excluding carboxylic acids is 2. The van der Waals surface area contributed by atoms with Crippen LogP contribution in [0.5, 0.6) is 0 Å². The van der Waals surface area contributed by atoms with Crippen LogP contribution in [0.3, 0.4) is 0 Å². The number of allylic oxidation sites excluding steroid dienone is 1. The van der Waals surface area contributed by atoms with Gasteiger partial charge in [0.15, 0.2) is 5.17 Å². The van der Waals surface area contributed by atoms with E-state index in [1.54, 1.807) is 25.1 Å². The topological polar surface area (TPSA) is 59.0 Å². The molecule has 5 nitrogen and oxygen atoms in total. The maximum Gasteiger partial charge on any atom is 0.338 e. The van der Waals surface area contributed by atoms with Gasteiger partial charge < -0.3 is 4.74 Å². The number of ether oxygens (including phenoxy) is 1. The molecule has 0 spiro atoms. The minimum Gasteiger partial charge on any atom is -0.466 e. The van der Waals surface area contributed by atoms with Crippen LogP contribution in [0.15, 0.2) is 34.5 Å². The molecule has 24 heavy (non-hydrogen) atoms. The number of methoxy groups -OCH3 is 1. The predicted octanol–water partition coefficient (Wildman–Crippen LogP) is 3.82. The molecule has 1 aromatic rings. The lowest BCUT2D eigenvalue weighted by Crippen LogP contribution is -2.45. The number of aliphatic imine (C=N–C) groups is 1. The van der Waals surface area contributed by atoms with Crippen molar-refractivity contribution in [3.63, 3.8) is 0 Å². The number of nitrogens with zero attached hydrogens (tertiary/aromatic N) is 2. The number of carbonyl (C=O) groups is 2. The zero-order valence-electron chi connectivity index (χ0n) is 13.0. The van der Waals surface area contributed by atoms with Crippen LogP contribution in [0.4, 0.5) is 0 Å². The van der Waals surface area contributed by atoms with Crippen LogP contribution in [0.2, 0.25) is 10.0 Å². The van der Waals surface area contributed by atoms with Crippen molar-refractivity contribution in [1.29, 1.82) is 0 Å². The highest BCUT2D eigenvalue weighted by atomic mass is 35.5. The van der Waals surface area contributed by atoms with Crippen molar-refractivity contribution in [3.05, 3.63) is 45.1 Å². The van der Waals surface area contributed by atoms with Gasteiger partial charge in [0, 0.05) is 22.2 Å². The van der Waals surface area contributed by atoms with E-state index in [1.165, 1.54) is 23.8 Å². The number of esters is 1. The van der Waals surface area contributed by atoms with Crippen molar-refractivity contribution in [2.75, 3.05) is 12.9 Å². The molecule has 1 saturated heterocycles. The van der Waals surface area contributed by atoms with Gasteiger partial charge in [-0.25, -0.2) is 9.79 Å². The van der Waals surface area contributed by atoms with E-state index in [1.807, 2.05) is 0 Å². The minimum absolute atomic E-state index is 0.0996. The molecular weight excluding hydrogens is 371 g/mol. The molecule has 0 unspecified atom stereocenters. The van der Waals surface area contributed by atoms with Gasteiger partial charge in [-0.2, -0.15) is 0 Å². The van der Waals surface area contributed by atoms with Gasteiger partial charge in [-0.15, -0.1) is 0 Å². The molecule has 1 fully saturated rings. The molecule has 0 aromatic heterocycles. The van der Waals surface area contributed by atoms with Crippen molar-refractivity contribution in [3.8, 4) is 0 Å². The van der Waals surface area contributed by atoms with Gasteiger partial charge in [0.05, 0.1) is 24.4 Å². The third-order valence-electron chi connectivity index (χ3n) is 3.87. The van der Waals surface area contributed by atoms with E-state index in [9.17, 15) is 9.59 Å². The number of hydrogen-bond donors (Lipinski definition) is 0. The summed E-state index contributed by atoms with van der Waals surface area (Å²) in [5.74, 6) is 0.0305. The molecule has 3 rings (SSSR count). The second-order valence-electron chi connectivity index (χ2n) is 5.32. The molecule has 2 aliphatic heterocycles. The number of fused-ring (bicyclic) bond motifs is 1. The van der Waals surface area contributed by atoms with Crippen LogP contribution in [0, 0.1) is 0 Å². The summed E-state index contributed by atoms with van der Waals surface area (Å²) in [5.41, 5.74) is 1.44. The Kier molecular flexibility index (Phi) is 4.90. The molecule has 0 N–H and O–H groups in total. The number of thioether (sulfide) groups is 1. The van der Waals surface area contributed by atoms with Crippen LogP contribution in [-0.2, 0) is 14.3 Å². The average molecular weight is 385 g/mol. The average Bonchev–Trinajstić information content (AvgIpc) is 2.53. The highest BCUT2D eigenvalue weighted by Crippen LogP contribution is 2.42. The zero-order chi connectivity index (χ0) is 17.4. The number of amides is 1. The number of amidine groups is 1. The van der Waals surface area contributed by atoms with E-state index >= 15 is 0 Å². The monoisotopic (exact) mass is 384 g/mol. The first kappa shape index (κ1) is 17.3. The molecule has 8 heteroatoms. The van der Waals surface area contributed by atoms with Crippen molar-refractivity contribution in [1.82, 2.24) is 4.90 Å². The summed E-state index contributed by atoms with van der Waals surface area (Å²) < 4.78 is 4.91. The molecule has 1 amide bonds. The van der Waals surface area contributed by atoms with Crippen molar-refractivity contribution in [2.24, 2.45) is 4.99 Å². The van der Waals surface area contributed by atoms with Crippen molar-refractivity contribution >= 4 is 52.0 Å². The first-order valence-electron chi connectivity index (χ1n) is 7.21. The predicted molar refractivity (Wildman–Crippen MR) is 95.3 cm³/mol. The molecular formula is C16H14Cl2N2O3S. The Hall–Kier alpha value is -1.50. The van der Waals surface area contributed by atoms with Crippen LogP contribution < -0.4 is 0 Å². The maximum atomic E-state index is 12.5. The van der Waals surface area contributed by atoms with Gasteiger partial charge in [0.1, 0.15) is 0 Å². The van der Waals surface area contributed by atoms with E-state index in [2.05, 4.69) is 4.99 Å². The fourth-order valence-electron chi connectivity index (χ4n) is 2.78. The molecule has 2 heterocycles. The largest absolute Gasteiger partial charge is 0.466 e. The summed E-state index contributed by atoms with van der Waals surface area (Å²) in [6.07, 6.45) is 0.374. The summed E-state index contributed by atoms with van der Waals surface area (Å²) in [6, 6.07) is 4.33. The molecule has 2 aliphatic rings. The number of rotatable bonds is 2. The Bertz CT molecular complexity index is 792. The third-order valence-corrected chi connectivity index (χ3v) is 5.39. The van der Waals surface area contributed by atoms with Gasteiger partial charge in [-0.05, 0) is 24.6 Å². The second kappa shape index (κ2) is 6.78. The van der Waals surface area contributed by atoms with E-state index < -0.39 is 12.0 Å². The third kappa shape index (κ3) is 2.94. The van der Waals surface area contributed by atoms with E-state index in [-0.39, 0.29) is 5.91 Å². The Morgan fingerprint density at radius 2 is 2.17 bits per heavy atom. The summed E-state index contributed by atoms with van der Waals surface area (Å²) in [7, 11) is 1.30. The smallest absolute Gasteiger partial charge is 0.338 e. The molecule has 0 bridgehead atoms. The quantitative estimate of drug-likeness (QED) is 0.727. The van der Waals surface area contributed by atoms with Gasteiger partial charge in [-0.3, -0.25) is 9.69 Å². The number of benzene rings is 1. The lowest BCUT2D eigenvalue weighted by atomic mass is 9.94. The Labute approximate surface area is 153 Å². The fraction of sp³-hybridized carbons (Fsp3) is 0.312. The van der Waals surface area contributed by atoms with Gasteiger partial charge in [-0.1, -0.05) is 41.0 Å². The summed E-state index contributed by atoms with van der Waals surface area (Å²) >= 11 is 13.8. The minimum atomic E-state index is -0.671. The van der Waals surface area contributed by atoms with Crippen LogP contribution >= 0.6 is 35.0 Å². The Morgan fingerprint density at radius 3 is 2.83 bits per heavy atom. The van der Waals surface area contributed by atoms with Gasteiger partial charge in [0.2, 0.25) is 5.91 Å². The molecule has 0 saturated carbocycles. The van der Waals surface area contributed by atoms with Gasteiger partial charge in [0.25, 0.3) is 0 Å². The van der Waals surface area contributed by atoms with Crippen LogP contribution in [-0.4, -0.2) is 34.8 Å². The highest BCUT2D eigenvalue weighted by molar-refractivity contribution is 8.14. The first-order chi connectivity index (χ1) is 11.4. The van der Waals surface area contributed by atoms with Crippen LogP contribution in [0.25, 0.3) is 0 Å². The molecule has 1 aromatic carbocycles.